The molecule has 0 amide bonds. The molecule has 0 aromatic heterocycles. The molecule has 1 saturated carbocycles. The van der Waals surface area contributed by atoms with Crippen molar-refractivity contribution < 1.29 is 18.3 Å². The monoisotopic (exact) mass is 393 g/mol. The molecule has 7 heteroatoms. The van der Waals surface area contributed by atoms with E-state index in [0.717, 1.165) is 12.8 Å². The Hall–Kier alpha value is -1.73. The van der Waals surface area contributed by atoms with Crippen LogP contribution in [0.5, 0.6) is 0 Å². The third kappa shape index (κ3) is 4.32. The van der Waals surface area contributed by atoms with Crippen LogP contribution in [0.2, 0.25) is 5.02 Å². The number of hydrogen-bond acceptors (Lipinski definition) is 4. The molecule has 0 radical (unpaired) electrons. The first-order valence-electron chi connectivity index (χ1n) is 8.31. The van der Waals surface area contributed by atoms with Crippen LogP contribution < -0.4 is 4.72 Å². The normalized spacial score (nSPS) is 16.9. The van der Waals surface area contributed by atoms with Crippen molar-refractivity contribution in [2.24, 2.45) is 5.92 Å². The summed E-state index contributed by atoms with van der Waals surface area (Å²) in [4.78, 5) is 12.1. The lowest BCUT2D eigenvalue weighted by molar-refractivity contribution is 0.0627. The van der Waals surface area contributed by atoms with Gasteiger partial charge in [0.05, 0.1) is 4.90 Å². The fourth-order valence-corrected chi connectivity index (χ4v) is 3.87. The number of sulfonamides is 1. The minimum Gasteiger partial charge on any atom is -0.384 e. The van der Waals surface area contributed by atoms with Crippen LogP contribution in [-0.4, -0.2) is 25.9 Å². The van der Waals surface area contributed by atoms with Crippen LogP contribution in [0.25, 0.3) is 0 Å². The molecule has 2 aromatic rings. The third-order valence-electron chi connectivity index (χ3n) is 4.47. The van der Waals surface area contributed by atoms with Gasteiger partial charge in [0.1, 0.15) is 5.60 Å². The SMILES string of the molecule is CC(O)(CNS(=O)(=O)c1ccc(C(=O)C2CC2)cc1)c1ccc(Cl)cc1. The van der Waals surface area contributed by atoms with E-state index in [4.69, 9.17) is 11.6 Å². The molecule has 1 aliphatic rings. The van der Waals surface area contributed by atoms with Gasteiger partial charge < -0.3 is 5.11 Å². The average molecular weight is 394 g/mol. The van der Waals surface area contributed by atoms with E-state index < -0.39 is 15.6 Å². The highest BCUT2D eigenvalue weighted by Gasteiger charge is 2.31. The highest BCUT2D eigenvalue weighted by molar-refractivity contribution is 7.89. The molecule has 3 rings (SSSR count). The quantitative estimate of drug-likeness (QED) is 0.708. The van der Waals surface area contributed by atoms with Gasteiger partial charge in [-0.15, -0.1) is 0 Å². The zero-order valence-electron chi connectivity index (χ0n) is 14.3. The molecule has 0 saturated heterocycles. The van der Waals surface area contributed by atoms with Crippen LogP contribution in [0.4, 0.5) is 0 Å². The largest absolute Gasteiger partial charge is 0.384 e. The van der Waals surface area contributed by atoms with Crippen LogP contribution in [0.1, 0.15) is 35.7 Å². The van der Waals surface area contributed by atoms with Gasteiger partial charge in [-0.05, 0) is 49.6 Å². The molecule has 0 bridgehead atoms. The molecule has 1 atom stereocenters. The number of halogens is 1. The van der Waals surface area contributed by atoms with Crippen LogP contribution in [0.15, 0.2) is 53.4 Å². The lowest BCUT2D eigenvalue weighted by Crippen LogP contribution is -2.38. The first-order valence-corrected chi connectivity index (χ1v) is 10.2. The van der Waals surface area contributed by atoms with Crippen molar-refractivity contribution in [3.63, 3.8) is 0 Å². The van der Waals surface area contributed by atoms with Crippen molar-refractivity contribution in [3.05, 3.63) is 64.7 Å². The molecule has 1 fully saturated rings. The second-order valence-corrected chi connectivity index (χ2v) is 8.97. The molecule has 2 aromatic carbocycles. The number of carbonyl (C=O) groups excluding carboxylic acids is 1. The second-order valence-electron chi connectivity index (χ2n) is 6.77. The molecule has 1 aliphatic carbocycles. The summed E-state index contributed by atoms with van der Waals surface area (Å²) in [6.07, 6.45) is 1.81. The van der Waals surface area contributed by atoms with Crippen molar-refractivity contribution in [1.82, 2.24) is 4.72 Å². The van der Waals surface area contributed by atoms with E-state index in [-0.39, 0.29) is 23.1 Å². The molecule has 1 unspecified atom stereocenters. The Balaban J connectivity index is 1.70. The molecule has 5 nitrogen and oxygen atoms in total. The van der Waals surface area contributed by atoms with E-state index in [1.807, 2.05) is 0 Å². The number of aliphatic hydroxyl groups is 1. The van der Waals surface area contributed by atoms with Crippen molar-refractivity contribution in [1.29, 1.82) is 0 Å². The molecule has 0 heterocycles. The Morgan fingerprint density at radius 2 is 1.73 bits per heavy atom. The molecule has 26 heavy (non-hydrogen) atoms. The zero-order valence-corrected chi connectivity index (χ0v) is 15.8. The van der Waals surface area contributed by atoms with Gasteiger partial charge in [-0.3, -0.25) is 4.79 Å². The van der Waals surface area contributed by atoms with Gasteiger partial charge in [-0.1, -0.05) is 35.9 Å². The smallest absolute Gasteiger partial charge is 0.240 e. The van der Waals surface area contributed by atoms with Crippen molar-refractivity contribution in [2.75, 3.05) is 6.54 Å². The van der Waals surface area contributed by atoms with E-state index in [1.165, 1.54) is 31.2 Å². The van der Waals surface area contributed by atoms with Gasteiger partial charge in [0.2, 0.25) is 10.0 Å². The summed E-state index contributed by atoms with van der Waals surface area (Å²) in [5.74, 6) is 0.151. The Bertz CT molecular complexity index is 902. The van der Waals surface area contributed by atoms with Gasteiger partial charge in [0, 0.05) is 23.0 Å². The average Bonchev–Trinajstić information content (AvgIpc) is 3.45. The molecule has 138 valence electrons. The van der Waals surface area contributed by atoms with Gasteiger partial charge in [0.25, 0.3) is 0 Å². The number of hydrogen-bond donors (Lipinski definition) is 2. The summed E-state index contributed by atoms with van der Waals surface area (Å²) in [5, 5.41) is 11.1. The number of Topliss-reactive ketones (excluding diaryl/α,β-unsaturated/α-hetero) is 1. The second kappa shape index (κ2) is 7.12. The summed E-state index contributed by atoms with van der Waals surface area (Å²) in [6, 6.07) is 12.5. The highest BCUT2D eigenvalue weighted by Crippen LogP contribution is 2.32. The van der Waals surface area contributed by atoms with Crippen molar-refractivity contribution in [2.45, 2.75) is 30.3 Å². The third-order valence-corrected chi connectivity index (χ3v) is 6.14. The molecule has 0 spiro atoms. The number of carbonyl (C=O) groups is 1. The van der Waals surface area contributed by atoms with E-state index >= 15 is 0 Å². The maximum atomic E-state index is 12.5. The molecule has 0 aliphatic heterocycles. The first-order chi connectivity index (χ1) is 12.2. The number of rotatable bonds is 7. The standard InChI is InChI=1S/C19H20ClNO4S/c1-19(23,15-6-8-16(20)9-7-15)12-21-26(24,25)17-10-4-14(5-11-17)18(22)13-2-3-13/h4-11,13,21,23H,2-3,12H2,1H3. The summed E-state index contributed by atoms with van der Waals surface area (Å²) in [7, 11) is -3.80. The van der Waals surface area contributed by atoms with Crippen LogP contribution in [-0.2, 0) is 15.6 Å². The van der Waals surface area contributed by atoms with E-state index in [0.29, 0.717) is 16.1 Å². The van der Waals surface area contributed by atoms with Gasteiger partial charge >= 0.3 is 0 Å². The first kappa shape index (κ1) is 19.0. The lowest BCUT2D eigenvalue weighted by atomic mass is 9.97. The van der Waals surface area contributed by atoms with E-state index in [1.54, 1.807) is 24.3 Å². The van der Waals surface area contributed by atoms with Gasteiger partial charge in [0.15, 0.2) is 5.78 Å². The maximum Gasteiger partial charge on any atom is 0.240 e. The minimum atomic E-state index is -3.80. The fraction of sp³-hybridized carbons (Fsp3) is 0.316. The lowest BCUT2D eigenvalue weighted by Gasteiger charge is -2.24. The summed E-state index contributed by atoms with van der Waals surface area (Å²) in [5.41, 5.74) is -0.311. The predicted molar refractivity (Wildman–Crippen MR) is 99.7 cm³/mol. The van der Waals surface area contributed by atoms with Crippen LogP contribution in [0, 0.1) is 5.92 Å². The molecular weight excluding hydrogens is 374 g/mol. The number of ketones is 1. The summed E-state index contributed by atoms with van der Waals surface area (Å²) < 4.78 is 27.3. The zero-order chi connectivity index (χ0) is 18.9. The maximum absolute atomic E-state index is 12.5. The van der Waals surface area contributed by atoms with Crippen molar-refractivity contribution >= 4 is 27.4 Å². The fourth-order valence-electron chi connectivity index (χ4n) is 2.61. The van der Waals surface area contributed by atoms with E-state index in [2.05, 4.69) is 4.72 Å². The minimum absolute atomic E-state index is 0.0525. The Labute approximate surface area is 158 Å². The number of nitrogens with one attached hydrogen (secondary N) is 1. The van der Waals surface area contributed by atoms with E-state index in [9.17, 15) is 18.3 Å². The summed E-state index contributed by atoms with van der Waals surface area (Å²) in [6.45, 7) is 1.33. The van der Waals surface area contributed by atoms with Crippen LogP contribution in [0.3, 0.4) is 0 Å². The Morgan fingerprint density at radius 1 is 1.15 bits per heavy atom. The molecule has 2 N–H and O–H groups in total. The Morgan fingerprint density at radius 3 is 2.27 bits per heavy atom. The number of benzene rings is 2. The Kier molecular flexibility index (Phi) is 5.21. The molecular formula is C19H20ClNO4S. The van der Waals surface area contributed by atoms with Gasteiger partial charge in [-0.25, -0.2) is 13.1 Å². The summed E-state index contributed by atoms with van der Waals surface area (Å²) >= 11 is 5.83. The van der Waals surface area contributed by atoms with Crippen molar-refractivity contribution in [3.8, 4) is 0 Å². The van der Waals surface area contributed by atoms with Gasteiger partial charge in [-0.2, -0.15) is 0 Å². The predicted octanol–water partition coefficient (Wildman–Crippen LogP) is 3.12. The van der Waals surface area contributed by atoms with Crippen LogP contribution >= 0.6 is 11.6 Å². The topological polar surface area (TPSA) is 83.5 Å². The highest BCUT2D eigenvalue weighted by atomic mass is 35.5.